The van der Waals surface area contributed by atoms with E-state index < -0.39 is 47.3 Å². The number of aliphatic carboxylic acids is 1. The molecule has 1 saturated carbocycles. The highest BCUT2D eigenvalue weighted by Crippen LogP contribution is 2.58. The summed E-state index contributed by atoms with van der Waals surface area (Å²) in [7, 11) is 1.31. The highest BCUT2D eigenvalue weighted by atomic mass is 19.3. The molecule has 0 radical (unpaired) electrons. The number of carboxylic acids is 1. The van der Waals surface area contributed by atoms with Crippen LogP contribution in [0.5, 0.6) is 5.88 Å². The summed E-state index contributed by atoms with van der Waals surface area (Å²) >= 11 is 0. The van der Waals surface area contributed by atoms with Gasteiger partial charge in [-0.05, 0) is 11.5 Å². The van der Waals surface area contributed by atoms with Crippen LogP contribution in [0, 0.1) is 17.3 Å². The van der Waals surface area contributed by atoms with Crippen molar-refractivity contribution < 1.29 is 28.2 Å². The topological polar surface area (TPSA) is 88.5 Å². The van der Waals surface area contributed by atoms with Gasteiger partial charge in [-0.3, -0.25) is 9.59 Å². The Morgan fingerprint density at radius 3 is 2.57 bits per heavy atom. The summed E-state index contributed by atoms with van der Waals surface area (Å²) in [6.07, 6.45) is 0. The highest BCUT2D eigenvalue weighted by Gasteiger charge is 2.66. The van der Waals surface area contributed by atoms with Crippen LogP contribution in [0.15, 0.2) is 18.2 Å². The van der Waals surface area contributed by atoms with Crippen LogP contribution in [0.1, 0.15) is 19.5 Å². The molecule has 1 aromatic rings. The van der Waals surface area contributed by atoms with Gasteiger partial charge in [-0.2, -0.15) is 8.78 Å². The van der Waals surface area contributed by atoms with Crippen LogP contribution < -0.4 is 10.1 Å². The second kappa shape index (κ2) is 5.75. The van der Waals surface area contributed by atoms with Crippen molar-refractivity contribution >= 4 is 11.9 Å². The molecule has 0 saturated heterocycles. The van der Waals surface area contributed by atoms with Crippen molar-refractivity contribution in [2.75, 3.05) is 13.7 Å². The number of hydrogen-bond donors (Lipinski definition) is 2. The highest BCUT2D eigenvalue weighted by molar-refractivity contribution is 5.91. The second-order valence-corrected chi connectivity index (χ2v) is 6.10. The van der Waals surface area contributed by atoms with E-state index in [1.54, 1.807) is 13.8 Å². The molecule has 0 unspecified atom stereocenters. The molecule has 1 aliphatic carbocycles. The molecule has 0 spiro atoms. The molecule has 2 N–H and O–H groups in total. The molecule has 2 rings (SSSR count). The van der Waals surface area contributed by atoms with Gasteiger partial charge in [-0.1, -0.05) is 19.9 Å². The molecule has 1 fully saturated rings. The third-order valence-electron chi connectivity index (χ3n) is 4.17. The zero-order chi connectivity index (χ0) is 17.4. The van der Waals surface area contributed by atoms with Gasteiger partial charge in [0.05, 0.1) is 25.5 Å². The number of ether oxygens (including phenoxy) is 1. The number of hydrogen-bond acceptors (Lipinski definition) is 4. The summed E-state index contributed by atoms with van der Waals surface area (Å²) in [6.45, 7) is 2.29. The normalized spacial score (nSPS) is 22.3. The van der Waals surface area contributed by atoms with Crippen molar-refractivity contribution in [1.29, 1.82) is 0 Å². The second-order valence-electron chi connectivity index (χ2n) is 6.10. The standard InChI is InChI=1S/C15H18F2N2O4/c1-14(2)10(11(14)13(21)22)12(20)18-7-15(16,17)8-5-4-6-9(19-8)23-3/h4-6,10-11H,7H2,1-3H3,(H,18,20)(H,21,22)/t10-,11+/m0/s1. The fourth-order valence-electron chi connectivity index (χ4n) is 2.72. The number of carboxylic acid groups (broad SMARTS) is 1. The van der Waals surface area contributed by atoms with Gasteiger partial charge in [0.2, 0.25) is 11.8 Å². The van der Waals surface area contributed by atoms with E-state index in [0.717, 1.165) is 6.07 Å². The SMILES string of the molecule is COc1cccc(C(F)(F)CNC(=O)[C@@H]2[C@H](C(=O)O)C2(C)C)n1. The summed E-state index contributed by atoms with van der Waals surface area (Å²) < 4.78 is 33.0. The smallest absolute Gasteiger partial charge is 0.307 e. The van der Waals surface area contributed by atoms with Gasteiger partial charge in [0.1, 0.15) is 5.69 Å². The minimum absolute atomic E-state index is 0.0442. The van der Waals surface area contributed by atoms with E-state index in [1.165, 1.54) is 19.2 Å². The summed E-state index contributed by atoms with van der Waals surface area (Å²) in [4.78, 5) is 26.7. The van der Waals surface area contributed by atoms with Crippen molar-refractivity contribution in [3.8, 4) is 5.88 Å². The number of aromatic nitrogens is 1. The maximum atomic E-state index is 14.1. The van der Waals surface area contributed by atoms with E-state index in [9.17, 15) is 18.4 Å². The van der Waals surface area contributed by atoms with Gasteiger partial charge < -0.3 is 15.2 Å². The number of methoxy groups -OCH3 is 1. The largest absolute Gasteiger partial charge is 0.481 e. The fraction of sp³-hybridized carbons (Fsp3) is 0.533. The molecule has 0 aliphatic heterocycles. The Kier molecular flexibility index (Phi) is 4.28. The lowest BCUT2D eigenvalue weighted by atomic mass is 10.1. The Morgan fingerprint density at radius 1 is 1.39 bits per heavy atom. The van der Waals surface area contributed by atoms with E-state index in [-0.39, 0.29) is 5.88 Å². The maximum Gasteiger partial charge on any atom is 0.307 e. The van der Waals surface area contributed by atoms with Crippen LogP contribution in [0.25, 0.3) is 0 Å². The summed E-state index contributed by atoms with van der Waals surface area (Å²) in [5, 5.41) is 11.1. The first kappa shape index (κ1) is 17.1. The van der Waals surface area contributed by atoms with Gasteiger partial charge in [0, 0.05) is 6.07 Å². The Labute approximate surface area is 131 Å². The number of carbonyl (C=O) groups is 2. The average Bonchev–Trinajstić information content (AvgIpc) is 3.08. The monoisotopic (exact) mass is 328 g/mol. The van der Waals surface area contributed by atoms with Gasteiger partial charge in [-0.15, -0.1) is 0 Å². The number of nitrogens with zero attached hydrogens (tertiary/aromatic N) is 1. The predicted octanol–water partition coefficient (Wildman–Crippen LogP) is 1.65. The van der Waals surface area contributed by atoms with Crippen molar-refractivity contribution in [2.24, 2.45) is 17.3 Å². The minimum Gasteiger partial charge on any atom is -0.481 e. The van der Waals surface area contributed by atoms with Crippen LogP contribution in [0.4, 0.5) is 8.78 Å². The quantitative estimate of drug-likeness (QED) is 0.829. The number of amides is 1. The number of carbonyl (C=O) groups excluding carboxylic acids is 1. The third-order valence-corrected chi connectivity index (χ3v) is 4.17. The number of nitrogens with one attached hydrogen (secondary N) is 1. The van der Waals surface area contributed by atoms with E-state index in [1.807, 2.05) is 0 Å². The number of rotatable bonds is 6. The van der Waals surface area contributed by atoms with E-state index in [4.69, 9.17) is 9.84 Å². The van der Waals surface area contributed by atoms with Crippen LogP contribution in [0.2, 0.25) is 0 Å². The molecule has 23 heavy (non-hydrogen) atoms. The summed E-state index contributed by atoms with van der Waals surface area (Å²) in [6, 6.07) is 3.94. The van der Waals surface area contributed by atoms with Crippen molar-refractivity contribution in [3.05, 3.63) is 23.9 Å². The Balaban J connectivity index is 2.02. The van der Waals surface area contributed by atoms with Crippen molar-refractivity contribution in [2.45, 2.75) is 19.8 Å². The van der Waals surface area contributed by atoms with E-state index in [2.05, 4.69) is 10.3 Å². The fourth-order valence-corrected chi connectivity index (χ4v) is 2.72. The van der Waals surface area contributed by atoms with Crippen molar-refractivity contribution in [3.63, 3.8) is 0 Å². The third kappa shape index (κ3) is 3.25. The Bertz CT molecular complexity index is 634. The van der Waals surface area contributed by atoms with Gasteiger partial charge in [0.25, 0.3) is 0 Å². The molecule has 2 atom stereocenters. The van der Waals surface area contributed by atoms with Gasteiger partial charge in [0.15, 0.2) is 0 Å². The summed E-state index contributed by atoms with van der Waals surface area (Å²) in [5.74, 6) is -6.80. The Hall–Kier alpha value is -2.25. The van der Waals surface area contributed by atoms with Crippen LogP contribution in [0.3, 0.4) is 0 Å². The van der Waals surface area contributed by atoms with Crippen molar-refractivity contribution in [1.82, 2.24) is 10.3 Å². The maximum absolute atomic E-state index is 14.1. The number of pyridine rings is 1. The lowest BCUT2D eigenvalue weighted by Gasteiger charge is -2.17. The van der Waals surface area contributed by atoms with Crippen LogP contribution in [-0.2, 0) is 15.5 Å². The molecule has 8 heteroatoms. The first-order valence-corrected chi connectivity index (χ1v) is 7.01. The molecular weight excluding hydrogens is 310 g/mol. The lowest BCUT2D eigenvalue weighted by Crippen LogP contribution is -2.37. The zero-order valence-electron chi connectivity index (χ0n) is 13.0. The molecule has 1 aromatic heterocycles. The number of alkyl halides is 2. The summed E-state index contributed by atoms with van der Waals surface area (Å²) in [5.41, 5.74) is -1.26. The molecule has 6 nitrogen and oxygen atoms in total. The minimum atomic E-state index is -3.39. The molecule has 1 heterocycles. The molecule has 1 aliphatic rings. The number of halogens is 2. The molecule has 0 bridgehead atoms. The van der Waals surface area contributed by atoms with Crippen LogP contribution >= 0.6 is 0 Å². The van der Waals surface area contributed by atoms with E-state index >= 15 is 0 Å². The first-order valence-electron chi connectivity index (χ1n) is 7.01. The van der Waals surface area contributed by atoms with Crippen LogP contribution in [-0.4, -0.2) is 35.6 Å². The molecule has 126 valence electrons. The average molecular weight is 328 g/mol. The molecule has 1 amide bonds. The Morgan fingerprint density at radius 2 is 2.04 bits per heavy atom. The zero-order valence-corrected chi connectivity index (χ0v) is 13.0. The van der Waals surface area contributed by atoms with Gasteiger partial charge >= 0.3 is 11.9 Å². The lowest BCUT2D eigenvalue weighted by molar-refractivity contribution is -0.140. The predicted molar refractivity (Wildman–Crippen MR) is 76.1 cm³/mol. The van der Waals surface area contributed by atoms with E-state index in [0.29, 0.717) is 0 Å². The first-order chi connectivity index (χ1) is 10.6. The van der Waals surface area contributed by atoms with Gasteiger partial charge in [-0.25, -0.2) is 4.98 Å². The molecular formula is C15H18F2N2O4. The molecule has 0 aromatic carbocycles.